The molecule has 2 heterocycles. The molecule has 2 aromatic heterocycles. The van der Waals surface area contributed by atoms with Gasteiger partial charge in [-0.25, -0.2) is 14.5 Å². The van der Waals surface area contributed by atoms with Crippen molar-refractivity contribution < 1.29 is 14.3 Å². The van der Waals surface area contributed by atoms with Gasteiger partial charge in [-0.3, -0.25) is 4.79 Å². The van der Waals surface area contributed by atoms with Crippen molar-refractivity contribution in [1.29, 1.82) is 0 Å². The zero-order valence-corrected chi connectivity index (χ0v) is 14.7. The Labute approximate surface area is 151 Å². The number of carbonyl (C=O) groups is 2. The molecular formula is C17H13BrN4O3. The van der Waals surface area contributed by atoms with Crippen LogP contribution in [0.2, 0.25) is 0 Å². The van der Waals surface area contributed by atoms with Crippen molar-refractivity contribution in [3.63, 3.8) is 0 Å². The van der Waals surface area contributed by atoms with Crippen LogP contribution in [0.3, 0.4) is 0 Å². The number of methoxy groups -OCH3 is 1. The third kappa shape index (κ3) is 3.74. The number of aromatic nitrogens is 3. The second kappa shape index (κ2) is 7.27. The highest BCUT2D eigenvalue weighted by molar-refractivity contribution is 9.10. The fourth-order valence-corrected chi connectivity index (χ4v) is 2.38. The highest BCUT2D eigenvalue weighted by Gasteiger charge is 2.21. The number of hydrogen-bond donors (Lipinski definition) is 1. The van der Waals surface area contributed by atoms with Gasteiger partial charge in [-0.2, -0.15) is 5.10 Å². The second-order valence-electron chi connectivity index (χ2n) is 4.97. The maximum atomic E-state index is 12.6. The number of benzene rings is 1. The molecule has 8 heteroatoms. The Morgan fingerprint density at radius 1 is 1.16 bits per heavy atom. The van der Waals surface area contributed by atoms with Gasteiger partial charge in [0.2, 0.25) is 0 Å². The standard InChI is InChI=1S/C17H13BrN4O3/c1-25-17(24)13-9-14(22(21-13)12-5-3-2-4-6-12)16(23)20-15-8-7-11(18)10-19-15/h2-10H,1H3,(H,19,20,23). The summed E-state index contributed by atoms with van der Waals surface area (Å²) in [6.45, 7) is 0. The summed E-state index contributed by atoms with van der Waals surface area (Å²) < 4.78 is 6.88. The maximum absolute atomic E-state index is 12.6. The van der Waals surface area contributed by atoms with Crippen molar-refractivity contribution in [2.45, 2.75) is 0 Å². The zero-order chi connectivity index (χ0) is 17.8. The van der Waals surface area contributed by atoms with Crippen molar-refractivity contribution in [2.75, 3.05) is 12.4 Å². The molecule has 1 N–H and O–H groups in total. The molecule has 0 saturated heterocycles. The summed E-state index contributed by atoms with van der Waals surface area (Å²) in [5.41, 5.74) is 0.878. The van der Waals surface area contributed by atoms with Gasteiger partial charge in [0.25, 0.3) is 5.91 Å². The fourth-order valence-electron chi connectivity index (χ4n) is 2.14. The summed E-state index contributed by atoms with van der Waals surface area (Å²) in [5.74, 6) is -0.680. The van der Waals surface area contributed by atoms with E-state index in [4.69, 9.17) is 0 Å². The van der Waals surface area contributed by atoms with Gasteiger partial charge in [0.1, 0.15) is 11.5 Å². The third-order valence-electron chi connectivity index (χ3n) is 3.31. The van der Waals surface area contributed by atoms with Gasteiger partial charge in [0.05, 0.1) is 12.8 Å². The molecule has 0 aliphatic rings. The van der Waals surface area contributed by atoms with Crippen LogP contribution in [0.25, 0.3) is 5.69 Å². The largest absolute Gasteiger partial charge is 0.464 e. The molecule has 3 rings (SSSR count). The molecule has 1 amide bonds. The number of nitrogens with zero attached hydrogens (tertiary/aromatic N) is 3. The predicted octanol–water partition coefficient (Wildman–Crippen LogP) is 3.07. The topological polar surface area (TPSA) is 86.1 Å². The quantitative estimate of drug-likeness (QED) is 0.680. The summed E-state index contributed by atoms with van der Waals surface area (Å²) in [7, 11) is 1.26. The first-order valence-electron chi connectivity index (χ1n) is 7.25. The highest BCUT2D eigenvalue weighted by atomic mass is 79.9. The first-order valence-corrected chi connectivity index (χ1v) is 8.04. The molecular weight excluding hydrogens is 388 g/mol. The van der Waals surface area contributed by atoms with Crippen LogP contribution in [0.15, 0.2) is 59.2 Å². The van der Waals surface area contributed by atoms with E-state index in [-0.39, 0.29) is 11.4 Å². The number of para-hydroxylation sites is 1. The molecule has 3 aromatic rings. The molecule has 7 nitrogen and oxygen atoms in total. The van der Waals surface area contributed by atoms with E-state index in [1.54, 1.807) is 30.5 Å². The van der Waals surface area contributed by atoms with E-state index in [0.717, 1.165) is 4.47 Å². The summed E-state index contributed by atoms with van der Waals surface area (Å²) in [6, 6.07) is 13.8. The number of ether oxygens (including phenoxy) is 1. The lowest BCUT2D eigenvalue weighted by Crippen LogP contribution is -2.17. The first kappa shape index (κ1) is 16.8. The van der Waals surface area contributed by atoms with Crippen LogP contribution in [0.5, 0.6) is 0 Å². The Bertz CT molecular complexity index is 907. The summed E-state index contributed by atoms with van der Waals surface area (Å²) in [4.78, 5) is 28.5. The predicted molar refractivity (Wildman–Crippen MR) is 94.8 cm³/mol. The molecule has 0 atom stereocenters. The molecule has 25 heavy (non-hydrogen) atoms. The lowest BCUT2D eigenvalue weighted by molar-refractivity contribution is 0.0593. The summed E-state index contributed by atoms with van der Waals surface area (Å²) >= 11 is 3.29. The van der Waals surface area contributed by atoms with Crippen LogP contribution in [-0.4, -0.2) is 33.8 Å². The normalized spacial score (nSPS) is 10.3. The first-order chi connectivity index (χ1) is 12.1. The molecule has 0 aliphatic heterocycles. The highest BCUT2D eigenvalue weighted by Crippen LogP contribution is 2.16. The Morgan fingerprint density at radius 2 is 1.92 bits per heavy atom. The molecule has 126 valence electrons. The molecule has 1 aromatic carbocycles. The van der Waals surface area contributed by atoms with E-state index in [0.29, 0.717) is 11.5 Å². The zero-order valence-electron chi connectivity index (χ0n) is 13.1. The lowest BCUT2D eigenvalue weighted by atomic mass is 10.3. The Morgan fingerprint density at radius 3 is 2.56 bits per heavy atom. The van der Waals surface area contributed by atoms with E-state index in [2.05, 4.69) is 36.1 Å². The number of anilines is 1. The van der Waals surface area contributed by atoms with E-state index in [1.165, 1.54) is 17.9 Å². The number of carbonyl (C=O) groups excluding carboxylic acids is 2. The Hall–Kier alpha value is -3.00. The van der Waals surface area contributed by atoms with E-state index < -0.39 is 11.9 Å². The van der Waals surface area contributed by atoms with Gasteiger partial charge < -0.3 is 10.1 Å². The number of rotatable bonds is 4. The third-order valence-corrected chi connectivity index (χ3v) is 3.78. The number of hydrogen-bond acceptors (Lipinski definition) is 5. The minimum absolute atomic E-state index is 0.0419. The number of pyridine rings is 1. The van der Waals surface area contributed by atoms with Crippen molar-refractivity contribution in [1.82, 2.24) is 14.8 Å². The van der Waals surface area contributed by atoms with Gasteiger partial charge in [-0.15, -0.1) is 0 Å². The molecule has 0 saturated carbocycles. The SMILES string of the molecule is COC(=O)c1cc(C(=O)Nc2ccc(Br)cn2)n(-c2ccccc2)n1. The Kier molecular flexibility index (Phi) is 4.90. The van der Waals surface area contributed by atoms with Gasteiger partial charge in [-0.05, 0) is 40.2 Å². The average Bonchev–Trinajstić information content (AvgIpc) is 3.09. The van der Waals surface area contributed by atoms with Crippen LogP contribution < -0.4 is 5.32 Å². The van der Waals surface area contributed by atoms with E-state index in [9.17, 15) is 9.59 Å². The van der Waals surface area contributed by atoms with Gasteiger partial charge >= 0.3 is 5.97 Å². The number of esters is 1. The Balaban J connectivity index is 1.98. The van der Waals surface area contributed by atoms with Gasteiger partial charge in [0.15, 0.2) is 5.69 Å². The van der Waals surface area contributed by atoms with E-state index in [1.807, 2.05) is 18.2 Å². The fraction of sp³-hybridized carbons (Fsp3) is 0.0588. The monoisotopic (exact) mass is 400 g/mol. The van der Waals surface area contributed by atoms with Gasteiger partial charge in [0, 0.05) is 16.7 Å². The lowest BCUT2D eigenvalue weighted by Gasteiger charge is -2.07. The van der Waals surface area contributed by atoms with Crippen molar-refractivity contribution in [3.05, 3.63) is 70.6 Å². The summed E-state index contributed by atoms with van der Waals surface area (Å²) in [6.07, 6.45) is 1.57. The van der Waals surface area contributed by atoms with Crippen LogP contribution >= 0.6 is 15.9 Å². The second-order valence-corrected chi connectivity index (χ2v) is 5.89. The molecule has 0 fully saturated rings. The van der Waals surface area contributed by atoms with Gasteiger partial charge in [-0.1, -0.05) is 18.2 Å². The average molecular weight is 401 g/mol. The van der Waals surface area contributed by atoms with Crippen molar-refractivity contribution in [2.24, 2.45) is 0 Å². The van der Waals surface area contributed by atoms with Crippen molar-refractivity contribution in [3.8, 4) is 5.69 Å². The smallest absolute Gasteiger partial charge is 0.358 e. The van der Waals surface area contributed by atoms with Crippen LogP contribution in [-0.2, 0) is 4.74 Å². The van der Waals surface area contributed by atoms with Crippen LogP contribution in [0, 0.1) is 0 Å². The van der Waals surface area contributed by atoms with Crippen LogP contribution in [0.1, 0.15) is 21.0 Å². The number of amides is 1. The molecule has 0 bridgehead atoms. The van der Waals surface area contributed by atoms with Crippen molar-refractivity contribution >= 4 is 33.6 Å². The molecule has 0 aliphatic carbocycles. The number of halogens is 1. The number of nitrogens with one attached hydrogen (secondary N) is 1. The minimum Gasteiger partial charge on any atom is -0.464 e. The summed E-state index contributed by atoms with van der Waals surface area (Å²) in [5, 5.41) is 6.86. The molecule has 0 spiro atoms. The van der Waals surface area contributed by atoms with Crippen LogP contribution in [0.4, 0.5) is 5.82 Å². The maximum Gasteiger partial charge on any atom is 0.358 e. The molecule has 0 radical (unpaired) electrons. The van der Waals surface area contributed by atoms with E-state index >= 15 is 0 Å². The molecule has 0 unspecified atom stereocenters. The minimum atomic E-state index is -0.620.